The van der Waals surface area contributed by atoms with Crippen LogP contribution in [-0.2, 0) is 19.6 Å². The fourth-order valence-corrected chi connectivity index (χ4v) is 4.85. The van der Waals surface area contributed by atoms with Gasteiger partial charge in [0.1, 0.15) is 0 Å². The van der Waals surface area contributed by atoms with Crippen molar-refractivity contribution < 1.29 is 27.5 Å². The van der Waals surface area contributed by atoms with Crippen molar-refractivity contribution in [2.45, 2.75) is 56.0 Å². The first kappa shape index (κ1) is 21.3. The minimum atomic E-state index is -3.63. The zero-order chi connectivity index (χ0) is 21.0. The van der Waals surface area contributed by atoms with Crippen molar-refractivity contribution in [3.8, 4) is 0 Å². The Bertz CT molecular complexity index is 880. The number of hydrogen-bond acceptors (Lipinski definition) is 6. The first-order chi connectivity index (χ1) is 13.8. The molecule has 2 N–H and O–H groups in total. The number of rotatable bonds is 6. The molecular weight excluding hydrogens is 398 g/mol. The summed E-state index contributed by atoms with van der Waals surface area (Å²) in [5.41, 5.74) is 0.117. The van der Waals surface area contributed by atoms with Gasteiger partial charge in [-0.2, -0.15) is 4.31 Å². The third-order valence-electron chi connectivity index (χ3n) is 4.94. The maximum atomic E-state index is 12.8. The molecule has 1 saturated carbocycles. The zero-order valence-electron chi connectivity index (χ0n) is 16.2. The summed E-state index contributed by atoms with van der Waals surface area (Å²) >= 11 is 0. The molecule has 10 heteroatoms. The van der Waals surface area contributed by atoms with E-state index >= 15 is 0 Å². The molecule has 1 aliphatic carbocycles. The predicted molar refractivity (Wildman–Crippen MR) is 104 cm³/mol. The number of nitrogens with one attached hydrogen (secondary N) is 2. The Morgan fingerprint density at radius 3 is 2.41 bits per heavy atom. The third kappa shape index (κ3) is 5.54. The van der Waals surface area contributed by atoms with E-state index in [1.165, 1.54) is 28.6 Å². The van der Waals surface area contributed by atoms with Crippen LogP contribution in [0.4, 0.5) is 4.79 Å². The first-order valence-corrected chi connectivity index (χ1v) is 11.1. The monoisotopic (exact) mass is 423 g/mol. The number of hydrogen-bond donors (Lipinski definition) is 2. The highest BCUT2D eigenvalue weighted by molar-refractivity contribution is 7.89. The lowest BCUT2D eigenvalue weighted by atomic mass is 10.1. The van der Waals surface area contributed by atoms with Crippen LogP contribution in [0.3, 0.4) is 0 Å². The van der Waals surface area contributed by atoms with Gasteiger partial charge in [0.05, 0.1) is 10.5 Å². The molecular formula is C19H25N3O6S. The molecule has 158 valence electrons. The average molecular weight is 423 g/mol. The van der Waals surface area contributed by atoms with Crippen LogP contribution in [0.5, 0.6) is 0 Å². The highest BCUT2D eigenvalue weighted by Crippen LogP contribution is 2.25. The normalized spacial score (nSPS) is 20.0. The molecule has 1 aromatic carbocycles. The van der Waals surface area contributed by atoms with E-state index in [-0.39, 0.29) is 22.5 Å². The molecule has 0 unspecified atom stereocenters. The highest BCUT2D eigenvalue weighted by Gasteiger charge is 2.31. The van der Waals surface area contributed by atoms with Gasteiger partial charge in [-0.15, -0.1) is 0 Å². The van der Waals surface area contributed by atoms with Crippen molar-refractivity contribution in [2.75, 3.05) is 13.2 Å². The van der Waals surface area contributed by atoms with Crippen LogP contribution in [0, 0.1) is 0 Å². The van der Waals surface area contributed by atoms with Gasteiger partial charge < -0.3 is 10.1 Å². The van der Waals surface area contributed by atoms with Crippen molar-refractivity contribution in [3.05, 3.63) is 29.8 Å². The summed E-state index contributed by atoms with van der Waals surface area (Å²) in [6.07, 6.45) is 4.44. The molecule has 0 bridgehead atoms. The molecule has 1 heterocycles. The van der Waals surface area contributed by atoms with Crippen LogP contribution in [-0.4, -0.2) is 55.9 Å². The van der Waals surface area contributed by atoms with E-state index in [2.05, 4.69) is 10.6 Å². The van der Waals surface area contributed by atoms with Crippen LogP contribution in [0.2, 0.25) is 0 Å². The molecule has 0 aromatic heterocycles. The molecule has 3 rings (SSSR count). The number of nitrogens with zero attached hydrogens (tertiary/aromatic N) is 1. The number of sulfonamides is 1. The fourth-order valence-electron chi connectivity index (χ4n) is 3.15. The summed E-state index contributed by atoms with van der Waals surface area (Å²) in [6, 6.07) is 4.84. The fraction of sp³-hybridized carbons (Fsp3) is 0.526. The van der Waals surface area contributed by atoms with Gasteiger partial charge in [0.25, 0.3) is 5.91 Å². The second-order valence-corrected chi connectivity index (χ2v) is 9.25. The number of benzene rings is 1. The van der Waals surface area contributed by atoms with E-state index in [1.54, 1.807) is 0 Å². The number of urea groups is 1. The minimum absolute atomic E-state index is 0.0611. The van der Waals surface area contributed by atoms with Gasteiger partial charge in [0, 0.05) is 18.6 Å². The maximum absolute atomic E-state index is 12.8. The van der Waals surface area contributed by atoms with Crippen molar-refractivity contribution in [3.63, 3.8) is 0 Å². The Balaban J connectivity index is 1.54. The Morgan fingerprint density at radius 2 is 1.79 bits per heavy atom. The Morgan fingerprint density at radius 1 is 1.10 bits per heavy atom. The summed E-state index contributed by atoms with van der Waals surface area (Å²) in [6.45, 7) is 1.76. The summed E-state index contributed by atoms with van der Waals surface area (Å²) in [7, 11) is -3.63. The van der Waals surface area contributed by atoms with Gasteiger partial charge in [-0.25, -0.2) is 18.0 Å². The molecule has 9 nitrogen and oxygen atoms in total. The molecule has 0 spiro atoms. The molecule has 2 aliphatic rings. The smallest absolute Gasteiger partial charge is 0.338 e. The molecule has 1 atom stereocenters. The lowest BCUT2D eigenvalue weighted by Crippen LogP contribution is -2.42. The lowest BCUT2D eigenvalue weighted by Gasteiger charge is -2.32. The van der Waals surface area contributed by atoms with E-state index in [4.69, 9.17) is 4.74 Å². The van der Waals surface area contributed by atoms with Crippen LogP contribution in [0.1, 0.15) is 49.4 Å². The van der Waals surface area contributed by atoms with Gasteiger partial charge in [-0.3, -0.25) is 10.1 Å². The number of imide groups is 1. The van der Waals surface area contributed by atoms with E-state index < -0.39 is 34.5 Å². The topological polar surface area (TPSA) is 122 Å². The standard InChI is InChI=1S/C19H25N3O6S/c1-13-4-2-3-11-22(13)29(26,27)16-9-5-14(6-10-16)18(24)28-12-17(23)21-19(25)20-15-7-8-15/h5-6,9-10,13,15H,2-4,7-8,11-12H2,1H3,(H2,20,21,23,25)/t13-/m0/s1. The van der Waals surface area contributed by atoms with E-state index in [0.29, 0.717) is 6.54 Å². The van der Waals surface area contributed by atoms with Crippen LogP contribution in [0.25, 0.3) is 0 Å². The van der Waals surface area contributed by atoms with Crippen LogP contribution in [0.15, 0.2) is 29.2 Å². The molecule has 2 fully saturated rings. The zero-order valence-corrected chi connectivity index (χ0v) is 17.0. The summed E-state index contributed by atoms with van der Waals surface area (Å²) < 4.78 is 32.0. The molecule has 3 amide bonds. The van der Waals surface area contributed by atoms with Crippen LogP contribution >= 0.6 is 0 Å². The van der Waals surface area contributed by atoms with Crippen molar-refractivity contribution in [1.29, 1.82) is 0 Å². The van der Waals surface area contributed by atoms with Gasteiger partial charge in [0.2, 0.25) is 10.0 Å². The second kappa shape index (κ2) is 8.91. The SMILES string of the molecule is C[C@H]1CCCCN1S(=O)(=O)c1ccc(C(=O)OCC(=O)NC(=O)NC2CC2)cc1. The largest absolute Gasteiger partial charge is 0.452 e. The van der Waals surface area contributed by atoms with Crippen molar-refractivity contribution >= 4 is 27.9 Å². The number of esters is 1. The summed E-state index contributed by atoms with van der Waals surface area (Å²) in [4.78, 5) is 35.3. The lowest BCUT2D eigenvalue weighted by molar-refractivity contribution is -0.123. The predicted octanol–water partition coefficient (Wildman–Crippen LogP) is 1.39. The van der Waals surface area contributed by atoms with Crippen molar-refractivity contribution in [1.82, 2.24) is 14.9 Å². The molecule has 1 saturated heterocycles. The quantitative estimate of drug-likeness (QED) is 0.667. The minimum Gasteiger partial charge on any atom is -0.452 e. The number of ether oxygens (including phenoxy) is 1. The van der Waals surface area contributed by atoms with Gasteiger partial charge >= 0.3 is 12.0 Å². The van der Waals surface area contributed by atoms with Gasteiger partial charge in [0.15, 0.2) is 6.61 Å². The number of carbonyl (C=O) groups excluding carboxylic acids is 3. The number of carbonyl (C=O) groups is 3. The molecule has 29 heavy (non-hydrogen) atoms. The maximum Gasteiger partial charge on any atom is 0.338 e. The molecule has 1 aliphatic heterocycles. The number of piperidine rings is 1. The molecule has 0 radical (unpaired) electrons. The Hall–Kier alpha value is -2.46. The highest BCUT2D eigenvalue weighted by atomic mass is 32.2. The first-order valence-electron chi connectivity index (χ1n) is 9.67. The van der Waals surface area contributed by atoms with Crippen molar-refractivity contribution in [2.24, 2.45) is 0 Å². The Kier molecular flexibility index (Phi) is 6.53. The van der Waals surface area contributed by atoms with Gasteiger partial charge in [-0.05, 0) is 56.9 Å². The molecule has 1 aromatic rings. The van der Waals surface area contributed by atoms with Crippen LogP contribution < -0.4 is 10.6 Å². The third-order valence-corrected chi connectivity index (χ3v) is 6.97. The summed E-state index contributed by atoms with van der Waals surface area (Å²) in [5, 5.41) is 4.66. The Labute approximate surface area is 169 Å². The average Bonchev–Trinajstić information content (AvgIpc) is 3.50. The second-order valence-electron chi connectivity index (χ2n) is 7.36. The van der Waals surface area contributed by atoms with E-state index in [1.807, 2.05) is 6.92 Å². The van der Waals surface area contributed by atoms with E-state index in [9.17, 15) is 22.8 Å². The van der Waals surface area contributed by atoms with E-state index in [0.717, 1.165) is 32.1 Å². The summed E-state index contributed by atoms with van der Waals surface area (Å²) in [5.74, 6) is -1.52. The van der Waals surface area contributed by atoms with Gasteiger partial charge in [-0.1, -0.05) is 6.42 Å². The number of amides is 3.